The third kappa shape index (κ3) is 4.06. The Kier molecular flexibility index (Phi) is 5.10. The van der Waals surface area contributed by atoms with Crippen molar-refractivity contribution in [3.63, 3.8) is 0 Å². The van der Waals surface area contributed by atoms with E-state index in [0.29, 0.717) is 39.8 Å². The largest absolute Gasteiger partial charge is 0.507 e. The van der Waals surface area contributed by atoms with E-state index in [4.69, 9.17) is 26.1 Å². The van der Waals surface area contributed by atoms with Gasteiger partial charge in [-0.05, 0) is 73.6 Å². The Labute approximate surface area is 194 Å². The van der Waals surface area contributed by atoms with E-state index in [9.17, 15) is 9.90 Å². The summed E-state index contributed by atoms with van der Waals surface area (Å²) in [6, 6.07) is 13.7. The number of carbonyl (C=O) groups excluding carboxylic acids is 1. The smallest absolute Gasteiger partial charge is 0.257 e. The van der Waals surface area contributed by atoms with Gasteiger partial charge in [0.2, 0.25) is 12.7 Å². The first-order valence-corrected chi connectivity index (χ1v) is 10.5. The number of nitrogens with one attached hydrogen (secondary N) is 2. The number of carbonyl (C=O) groups is 1. The van der Waals surface area contributed by atoms with Gasteiger partial charge in [-0.15, -0.1) is 0 Å². The number of hydrogen-bond donors (Lipinski definition) is 3. The molecule has 3 N–H and O–H groups in total. The molecule has 0 saturated heterocycles. The number of rotatable bonds is 3. The van der Waals surface area contributed by atoms with Gasteiger partial charge in [0, 0.05) is 17.3 Å². The summed E-state index contributed by atoms with van der Waals surface area (Å²) in [5.41, 5.74) is 4.80. The fourth-order valence-corrected chi connectivity index (χ4v) is 3.87. The number of hydrogen-bond acceptors (Lipinski definition) is 7. The van der Waals surface area contributed by atoms with Gasteiger partial charge in [0.15, 0.2) is 22.2 Å². The van der Waals surface area contributed by atoms with E-state index in [1.807, 2.05) is 26.0 Å². The summed E-state index contributed by atoms with van der Waals surface area (Å²) >= 11 is 5.24. The van der Waals surface area contributed by atoms with Gasteiger partial charge in [0.25, 0.3) is 5.91 Å². The second-order valence-corrected chi connectivity index (χ2v) is 8.07. The van der Waals surface area contributed by atoms with Gasteiger partial charge >= 0.3 is 0 Å². The molecular weight excluding hydrogens is 442 g/mol. The number of thiocarbonyl (C=S) groups is 1. The first kappa shape index (κ1) is 20.8. The summed E-state index contributed by atoms with van der Waals surface area (Å²) in [5, 5.41) is 16.1. The molecule has 2 heterocycles. The van der Waals surface area contributed by atoms with Crippen LogP contribution in [0.5, 0.6) is 17.2 Å². The van der Waals surface area contributed by atoms with Gasteiger partial charge in [-0.25, -0.2) is 4.98 Å². The number of amides is 1. The lowest BCUT2D eigenvalue weighted by atomic mass is 10.1. The molecule has 1 aromatic heterocycles. The van der Waals surface area contributed by atoms with Crippen LogP contribution < -0.4 is 20.1 Å². The summed E-state index contributed by atoms with van der Waals surface area (Å²) in [7, 11) is 0. The van der Waals surface area contributed by atoms with Crippen LogP contribution in [0, 0.1) is 13.8 Å². The van der Waals surface area contributed by atoms with Crippen LogP contribution in [0.4, 0.5) is 5.69 Å². The van der Waals surface area contributed by atoms with Gasteiger partial charge < -0.3 is 24.3 Å². The van der Waals surface area contributed by atoms with Gasteiger partial charge in [-0.2, -0.15) is 0 Å². The van der Waals surface area contributed by atoms with Crippen LogP contribution in [0.2, 0.25) is 0 Å². The summed E-state index contributed by atoms with van der Waals surface area (Å²) < 4.78 is 16.4. The standard InChI is InChI=1S/C24H19N3O5S/c1-12-7-13(2)21-17(8-12)26-23(32-21)16-5-4-15(10-18(16)28)25-24(33)27-22(29)14-3-6-19-20(9-14)31-11-30-19/h3-10,28H,11H2,1-2H3,(H2,25,27,29,33). The number of nitrogens with zero attached hydrogens (tertiary/aromatic N) is 1. The number of ether oxygens (including phenoxy) is 2. The van der Waals surface area contributed by atoms with E-state index in [-0.39, 0.29) is 17.7 Å². The van der Waals surface area contributed by atoms with Crippen molar-refractivity contribution in [1.82, 2.24) is 10.3 Å². The molecule has 166 valence electrons. The summed E-state index contributed by atoms with van der Waals surface area (Å²) in [6.07, 6.45) is 0. The molecule has 4 aromatic rings. The highest BCUT2D eigenvalue weighted by Gasteiger charge is 2.18. The zero-order valence-electron chi connectivity index (χ0n) is 17.8. The van der Waals surface area contributed by atoms with Crippen molar-refractivity contribution in [2.45, 2.75) is 13.8 Å². The molecule has 3 aromatic carbocycles. The van der Waals surface area contributed by atoms with Crippen molar-refractivity contribution < 1.29 is 23.8 Å². The lowest BCUT2D eigenvalue weighted by molar-refractivity contribution is 0.0977. The normalized spacial score (nSPS) is 12.1. The number of aromatic hydroxyl groups is 1. The number of phenols is 1. The second-order valence-electron chi connectivity index (χ2n) is 7.66. The molecule has 0 aliphatic carbocycles. The Morgan fingerprint density at radius 3 is 2.70 bits per heavy atom. The molecule has 0 spiro atoms. The number of aryl methyl sites for hydroxylation is 2. The maximum absolute atomic E-state index is 12.5. The van der Waals surface area contributed by atoms with E-state index in [0.717, 1.165) is 16.6 Å². The van der Waals surface area contributed by atoms with Crippen LogP contribution in [0.15, 0.2) is 52.9 Å². The first-order valence-electron chi connectivity index (χ1n) is 10.1. The van der Waals surface area contributed by atoms with E-state index in [2.05, 4.69) is 15.6 Å². The predicted molar refractivity (Wildman–Crippen MR) is 127 cm³/mol. The second kappa shape index (κ2) is 8.10. The van der Waals surface area contributed by atoms with Crippen molar-refractivity contribution in [3.8, 4) is 28.7 Å². The summed E-state index contributed by atoms with van der Waals surface area (Å²) in [4.78, 5) is 17.0. The Bertz CT molecular complexity index is 1430. The third-order valence-corrected chi connectivity index (χ3v) is 5.37. The molecule has 8 nitrogen and oxygen atoms in total. The molecule has 9 heteroatoms. The molecule has 0 atom stereocenters. The molecule has 0 saturated carbocycles. The average molecular weight is 461 g/mol. The number of aromatic nitrogens is 1. The van der Waals surface area contributed by atoms with Gasteiger partial charge in [0.1, 0.15) is 11.3 Å². The van der Waals surface area contributed by atoms with E-state index in [1.165, 1.54) is 6.07 Å². The van der Waals surface area contributed by atoms with Crippen molar-refractivity contribution in [2.75, 3.05) is 12.1 Å². The summed E-state index contributed by atoms with van der Waals surface area (Å²) in [5.74, 6) is 0.981. The first-order chi connectivity index (χ1) is 15.9. The Morgan fingerprint density at radius 2 is 1.88 bits per heavy atom. The molecule has 1 aliphatic heterocycles. The van der Waals surface area contributed by atoms with Crippen LogP contribution in [-0.2, 0) is 0 Å². The SMILES string of the molecule is Cc1cc(C)c2oc(-c3ccc(NC(=S)NC(=O)c4ccc5c(c4)OCO5)cc3O)nc2c1. The Hall–Kier alpha value is -4.11. The van der Waals surface area contributed by atoms with Crippen molar-refractivity contribution in [3.05, 3.63) is 65.2 Å². The molecule has 0 bridgehead atoms. The highest BCUT2D eigenvalue weighted by molar-refractivity contribution is 7.80. The predicted octanol–water partition coefficient (Wildman–Crippen LogP) is 4.67. The number of anilines is 1. The molecule has 1 amide bonds. The van der Waals surface area contributed by atoms with Crippen LogP contribution in [-0.4, -0.2) is 27.9 Å². The average Bonchev–Trinajstić information content (AvgIpc) is 3.40. The molecular formula is C24H19N3O5S. The van der Waals surface area contributed by atoms with E-state index >= 15 is 0 Å². The van der Waals surface area contributed by atoms with Crippen molar-refractivity contribution in [2.24, 2.45) is 0 Å². The highest BCUT2D eigenvalue weighted by Crippen LogP contribution is 2.34. The minimum Gasteiger partial charge on any atom is -0.507 e. The lowest BCUT2D eigenvalue weighted by Gasteiger charge is -2.11. The van der Waals surface area contributed by atoms with Crippen molar-refractivity contribution >= 4 is 40.0 Å². The number of oxazole rings is 1. The maximum Gasteiger partial charge on any atom is 0.257 e. The van der Waals surface area contributed by atoms with Gasteiger partial charge in [-0.1, -0.05) is 6.07 Å². The van der Waals surface area contributed by atoms with E-state index in [1.54, 1.807) is 30.3 Å². The molecule has 1 aliphatic rings. The van der Waals surface area contributed by atoms with E-state index < -0.39 is 5.91 Å². The minimum absolute atomic E-state index is 0.0363. The minimum atomic E-state index is -0.399. The van der Waals surface area contributed by atoms with Crippen LogP contribution in [0.25, 0.3) is 22.6 Å². The Morgan fingerprint density at radius 1 is 1.06 bits per heavy atom. The fourth-order valence-electron chi connectivity index (χ4n) is 3.66. The molecule has 5 rings (SSSR count). The van der Waals surface area contributed by atoms with Gasteiger partial charge in [0.05, 0.1) is 5.56 Å². The number of phenolic OH excluding ortho intramolecular Hbond substituents is 1. The van der Waals surface area contributed by atoms with Crippen molar-refractivity contribution in [1.29, 1.82) is 0 Å². The third-order valence-electron chi connectivity index (χ3n) is 5.17. The molecule has 0 radical (unpaired) electrons. The van der Waals surface area contributed by atoms with Crippen LogP contribution >= 0.6 is 12.2 Å². The molecule has 0 fully saturated rings. The maximum atomic E-state index is 12.5. The van der Waals surface area contributed by atoms with Crippen LogP contribution in [0.1, 0.15) is 21.5 Å². The highest BCUT2D eigenvalue weighted by atomic mass is 32.1. The topological polar surface area (TPSA) is 106 Å². The fraction of sp³-hybridized carbons (Fsp3) is 0.125. The molecule has 33 heavy (non-hydrogen) atoms. The number of benzene rings is 3. The number of fused-ring (bicyclic) bond motifs is 2. The Balaban J connectivity index is 1.30. The lowest BCUT2D eigenvalue weighted by Crippen LogP contribution is -2.34. The molecule has 0 unspecified atom stereocenters. The van der Waals surface area contributed by atoms with Crippen LogP contribution in [0.3, 0.4) is 0 Å². The monoisotopic (exact) mass is 461 g/mol. The quantitative estimate of drug-likeness (QED) is 0.378. The van der Waals surface area contributed by atoms with Gasteiger partial charge in [-0.3, -0.25) is 10.1 Å². The zero-order chi connectivity index (χ0) is 23.1. The summed E-state index contributed by atoms with van der Waals surface area (Å²) in [6.45, 7) is 4.07. The zero-order valence-corrected chi connectivity index (χ0v) is 18.6.